The van der Waals surface area contributed by atoms with Gasteiger partial charge >= 0.3 is 5.97 Å². The number of carbonyl (C=O) groups excluding carboxylic acids is 2. The van der Waals surface area contributed by atoms with Gasteiger partial charge in [-0.05, 0) is 55.5 Å². The van der Waals surface area contributed by atoms with Gasteiger partial charge in [0.15, 0.2) is 11.5 Å². The predicted octanol–water partition coefficient (Wildman–Crippen LogP) is 3.86. The number of rotatable bonds is 6. The van der Waals surface area contributed by atoms with Crippen LogP contribution in [-0.4, -0.2) is 60.4 Å². The molecule has 2 aromatic heterocycles. The van der Waals surface area contributed by atoms with Crippen molar-refractivity contribution < 1.29 is 24.2 Å². The van der Waals surface area contributed by atoms with Gasteiger partial charge in [-0.25, -0.2) is 0 Å². The highest BCUT2D eigenvalue weighted by atomic mass is 35.5. The molecule has 1 saturated heterocycles. The summed E-state index contributed by atoms with van der Waals surface area (Å²) in [4.78, 5) is 42.6. The summed E-state index contributed by atoms with van der Waals surface area (Å²) in [7, 11) is 0. The van der Waals surface area contributed by atoms with E-state index >= 15 is 0 Å². The maximum atomic E-state index is 14.1. The van der Waals surface area contributed by atoms with Crippen LogP contribution >= 0.6 is 11.6 Å². The van der Waals surface area contributed by atoms with Crippen LogP contribution in [0.15, 0.2) is 36.5 Å². The number of carboxylic acid groups (broad SMARTS) is 1. The molecule has 1 aliphatic carbocycles. The first-order valence-corrected chi connectivity index (χ1v) is 13.9. The molecule has 2 fully saturated rings. The van der Waals surface area contributed by atoms with Gasteiger partial charge in [0.2, 0.25) is 11.8 Å². The molecule has 204 valence electrons. The van der Waals surface area contributed by atoms with Crippen molar-refractivity contribution in [3.63, 3.8) is 0 Å². The minimum absolute atomic E-state index is 0.0431. The Morgan fingerprint density at radius 1 is 1.03 bits per heavy atom. The van der Waals surface area contributed by atoms with Crippen molar-refractivity contribution in [2.75, 3.05) is 13.1 Å². The van der Waals surface area contributed by atoms with Crippen molar-refractivity contribution in [3.05, 3.63) is 58.5 Å². The van der Waals surface area contributed by atoms with E-state index in [1.54, 1.807) is 21.9 Å². The van der Waals surface area contributed by atoms with Gasteiger partial charge in [-0.3, -0.25) is 18.8 Å². The number of carboxylic acids is 1. The zero-order valence-electron chi connectivity index (χ0n) is 21.5. The molecular formula is C28H30ClN5O5. The molecule has 3 aliphatic rings. The third kappa shape index (κ3) is 4.60. The zero-order valence-corrected chi connectivity index (χ0v) is 22.2. The van der Waals surface area contributed by atoms with E-state index in [1.165, 1.54) is 0 Å². The first kappa shape index (κ1) is 25.6. The van der Waals surface area contributed by atoms with Crippen molar-refractivity contribution in [2.24, 2.45) is 11.8 Å². The second kappa shape index (κ2) is 10.5. The van der Waals surface area contributed by atoms with E-state index in [2.05, 4.69) is 10.2 Å². The molecule has 3 atom stereocenters. The van der Waals surface area contributed by atoms with Crippen molar-refractivity contribution in [1.29, 1.82) is 0 Å². The van der Waals surface area contributed by atoms with Crippen molar-refractivity contribution >= 4 is 35.0 Å². The Kier molecular flexibility index (Phi) is 6.88. The lowest BCUT2D eigenvalue weighted by Gasteiger charge is -2.45. The van der Waals surface area contributed by atoms with Gasteiger partial charge in [0.1, 0.15) is 18.5 Å². The Balaban J connectivity index is 1.39. The second-order valence-corrected chi connectivity index (χ2v) is 10.9. The third-order valence-electron chi connectivity index (χ3n) is 8.25. The monoisotopic (exact) mass is 551 g/mol. The third-order valence-corrected chi connectivity index (χ3v) is 8.60. The maximum Gasteiger partial charge on any atom is 0.307 e. The van der Waals surface area contributed by atoms with Gasteiger partial charge in [0, 0.05) is 36.3 Å². The molecule has 2 unspecified atom stereocenters. The van der Waals surface area contributed by atoms with Gasteiger partial charge in [-0.2, -0.15) is 0 Å². The fourth-order valence-corrected chi connectivity index (χ4v) is 6.60. The van der Waals surface area contributed by atoms with Crippen LogP contribution in [-0.2, 0) is 27.4 Å². The molecule has 39 heavy (non-hydrogen) atoms. The first-order chi connectivity index (χ1) is 18.9. The molecule has 3 aromatic rings. The molecule has 2 amide bonds. The number of ether oxygens (including phenoxy) is 1. The number of carbonyl (C=O) groups is 3. The van der Waals surface area contributed by atoms with Crippen LogP contribution in [0.4, 0.5) is 0 Å². The van der Waals surface area contributed by atoms with Crippen molar-refractivity contribution in [1.82, 2.24) is 24.4 Å². The quantitative estimate of drug-likeness (QED) is 0.494. The summed E-state index contributed by atoms with van der Waals surface area (Å²) in [5, 5.41) is 18.9. The number of hydrogen-bond donors (Lipinski definition) is 1. The SMILES string of the molecule is O=C(O)C1CCCCC1C(=O)N1CCc2c(Cl)ccc(OCc3nnc4ccccn34)c2[C@H]1N1CCCC1=O. The normalized spacial score (nSPS) is 23.2. The number of pyridine rings is 1. The van der Waals surface area contributed by atoms with E-state index in [0.29, 0.717) is 73.0 Å². The molecule has 4 heterocycles. The summed E-state index contributed by atoms with van der Waals surface area (Å²) in [6, 6.07) is 9.17. The molecule has 1 saturated carbocycles. The maximum absolute atomic E-state index is 14.1. The number of nitrogens with zero attached hydrogens (tertiary/aromatic N) is 5. The topological polar surface area (TPSA) is 117 Å². The number of aliphatic carboxylic acids is 1. The second-order valence-electron chi connectivity index (χ2n) is 10.5. The average molecular weight is 552 g/mol. The van der Waals surface area contributed by atoms with Gasteiger partial charge in [-0.15, -0.1) is 10.2 Å². The van der Waals surface area contributed by atoms with E-state index in [4.69, 9.17) is 16.3 Å². The summed E-state index contributed by atoms with van der Waals surface area (Å²) in [6.45, 7) is 0.971. The first-order valence-electron chi connectivity index (χ1n) is 13.5. The Labute approximate surface area is 230 Å². The van der Waals surface area contributed by atoms with E-state index in [0.717, 1.165) is 18.4 Å². The Morgan fingerprint density at radius 2 is 1.85 bits per heavy atom. The van der Waals surface area contributed by atoms with Crippen LogP contribution in [0.5, 0.6) is 5.75 Å². The minimum atomic E-state index is -0.938. The number of hydrogen-bond acceptors (Lipinski definition) is 6. The van der Waals surface area contributed by atoms with Crippen LogP contribution in [0.2, 0.25) is 5.02 Å². The lowest BCUT2D eigenvalue weighted by molar-refractivity contribution is -0.157. The summed E-state index contributed by atoms with van der Waals surface area (Å²) >= 11 is 6.67. The highest BCUT2D eigenvalue weighted by Crippen LogP contribution is 2.45. The van der Waals surface area contributed by atoms with Crippen LogP contribution in [0.25, 0.3) is 5.65 Å². The van der Waals surface area contributed by atoms with E-state index < -0.39 is 24.0 Å². The number of fused-ring (bicyclic) bond motifs is 2. The number of likely N-dealkylation sites (tertiary alicyclic amines) is 1. The molecule has 1 N–H and O–H groups in total. The van der Waals surface area contributed by atoms with E-state index in [-0.39, 0.29) is 18.4 Å². The molecule has 2 aliphatic heterocycles. The summed E-state index contributed by atoms with van der Waals surface area (Å²) in [5.74, 6) is -1.42. The summed E-state index contributed by atoms with van der Waals surface area (Å²) < 4.78 is 8.16. The van der Waals surface area contributed by atoms with Gasteiger partial charge < -0.3 is 19.6 Å². The molecule has 0 bridgehead atoms. The average Bonchev–Trinajstić information content (AvgIpc) is 3.57. The number of aromatic nitrogens is 3. The van der Waals surface area contributed by atoms with Gasteiger partial charge in [0.25, 0.3) is 0 Å². The Morgan fingerprint density at radius 3 is 2.62 bits per heavy atom. The zero-order chi connectivity index (χ0) is 27.1. The van der Waals surface area contributed by atoms with Crippen LogP contribution in [0, 0.1) is 11.8 Å². The Bertz CT molecular complexity index is 1440. The van der Waals surface area contributed by atoms with E-state index in [1.807, 2.05) is 28.8 Å². The molecule has 1 aromatic carbocycles. The number of halogens is 1. The minimum Gasteiger partial charge on any atom is -0.485 e. The highest BCUT2D eigenvalue weighted by molar-refractivity contribution is 6.31. The summed E-state index contributed by atoms with van der Waals surface area (Å²) in [6.07, 6.45) is 5.33. The highest BCUT2D eigenvalue weighted by Gasteiger charge is 2.46. The van der Waals surface area contributed by atoms with Crippen LogP contribution < -0.4 is 4.74 Å². The van der Waals surface area contributed by atoms with Crippen LogP contribution in [0.1, 0.15) is 61.6 Å². The summed E-state index contributed by atoms with van der Waals surface area (Å²) in [5.41, 5.74) is 2.23. The van der Waals surface area contributed by atoms with Crippen molar-refractivity contribution in [2.45, 2.75) is 57.7 Å². The van der Waals surface area contributed by atoms with Gasteiger partial charge in [0.05, 0.1) is 11.8 Å². The lowest BCUT2D eigenvalue weighted by Crippen LogP contribution is -2.52. The smallest absolute Gasteiger partial charge is 0.307 e. The largest absolute Gasteiger partial charge is 0.485 e. The molecule has 0 spiro atoms. The molecule has 11 heteroatoms. The van der Waals surface area contributed by atoms with Crippen molar-refractivity contribution in [3.8, 4) is 5.75 Å². The fraction of sp³-hybridized carbons (Fsp3) is 0.464. The molecule has 6 rings (SSSR count). The fourth-order valence-electron chi connectivity index (χ4n) is 6.34. The van der Waals surface area contributed by atoms with Gasteiger partial charge in [-0.1, -0.05) is 30.5 Å². The number of amides is 2. The number of benzene rings is 1. The van der Waals surface area contributed by atoms with E-state index in [9.17, 15) is 19.5 Å². The standard InChI is InChI=1S/C28H30ClN5O5/c29-20-10-11-21(39-16-23-31-30-22-8-3-4-13-32(22)23)25-19(20)12-15-34(26(25)33-14-5-9-24(33)35)27(36)17-6-1-2-7-18(17)28(37)38/h3-4,8,10-11,13,17-18,26H,1-2,5-7,9,12,14-16H2,(H,37,38)/t17?,18?,26-/m0/s1. The molecular weight excluding hydrogens is 522 g/mol. The Hall–Kier alpha value is -3.66. The molecule has 10 nitrogen and oxygen atoms in total. The predicted molar refractivity (Wildman–Crippen MR) is 141 cm³/mol. The molecule has 0 radical (unpaired) electrons. The van der Waals surface area contributed by atoms with Crippen LogP contribution in [0.3, 0.4) is 0 Å². The lowest BCUT2D eigenvalue weighted by atomic mass is 9.78.